The Labute approximate surface area is 222 Å². The molecule has 38 heavy (non-hydrogen) atoms. The van der Waals surface area contributed by atoms with Gasteiger partial charge in [0, 0.05) is 43.6 Å². The summed E-state index contributed by atoms with van der Waals surface area (Å²) in [6.45, 7) is 0. The van der Waals surface area contributed by atoms with Crippen LogP contribution in [0.15, 0.2) is 126 Å². The lowest BCUT2D eigenvalue weighted by molar-refractivity contribution is 0.633. The Morgan fingerprint density at radius 2 is 1.47 bits per heavy atom. The fourth-order valence-electron chi connectivity index (χ4n) is 5.39. The maximum absolute atomic E-state index is 6.43. The number of benzene rings is 4. The second-order valence-corrected chi connectivity index (χ2v) is 10.5. The van der Waals surface area contributed by atoms with Crippen LogP contribution >= 0.6 is 11.3 Å². The second-order valence-electron chi connectivity index (χ2n) is 9.40. The summed E-state index contributed by atoms with van der Waals surface area (Å²) in [7, 11) is 0. The van der Waals surface area contributed by atoms with Crippen molar-refractivity contribution in [1.82, 2.24) is 9.97 Å². The van der Waals surface area contributed by atoms with Crippen LogP contribution in [-0.4, -0.2) is 9.97 Å². The minimum absolute atomic E-state index is 0.856. The van der Waals surface area contributed by atoms with E-state index >= 15 is 0 Å². The quantitative estimate of drug-likeness (QED) is 0.240. The number of hydrogen-bond acceptors (Lipinski definition) is 4. The van der Waals surface area contributed by atoms with Gasteiger partial charge in [-0.2, -0.15) is 0 Å². The number of aromatic nitrogens is 2. The zero-order valence-electron chi connectivity index (χ0n) is 20.3. The Bertz CT molecular complexity index is 2120. The van der Waals surface area contributed by atoms with Crippen LogP contribution in [-0.2, 0) is 0 Å². The minimum Gasteiger partial charge on any atom is -0.455 e. The smallest absolute Gasteiger partial charge is 0.146 e. The van der Waals surface area contributed by atoms with Gasteiger partial charge < -0.3 is 4.42 Å². The summed E-state index contributed by atoms with van der Waals surface area (Å²) >= 11 is 1.75. The maximum atomic E-state index is 6.43. The summed E-state index contributed by atoms with van der Waals surface area (Å²) in [6, 6.07) is 39.8. The van der Waals surface area contributed by atoms with Gasteiger partial charge >= 0.3 is 0 Å². The molecule has 0 aliphatic carbocycles. The van der Waals surface area contributed by atoms with Gasteiger partial charge in [-0.05, 0) is 41.8 Å². The third kappa shape index (κ3) is 3.28. The van der Waals surface area contributed by atoms with Gasteiger partial charge in [-0.25, -0.2) is 4.98 Å². The number of fused-ring (bicyclic) bond motifs is 4. The number of pyridine rings is 2. The van der Waals surface area contributed by atoms with Gasteiger partial charge in [0.25, 0.3) is 0 Å². The van der Waals surface area contributed by atoms with Gasteiger partial charge in [0.1, 0.15) is 11.3 Å². The highest BCUT2D eigenvalue weighted by molar-refractivity contribution is 7.23. The Hall–Kier alpha value is -4.80. The molecule has 0 N–H and O–H groups in total. The van der Waals surface area contributed by atoms with Crippen molar-refractivity contribution < 1.29 is 4.42 Å². The minimum atomic E-state index is 0.856. The first-order chi connectivity index (χ1) is 18.8. The highest BCUT2D eigenvalue weighted by Crippen LogP contribution is 2.49. The third-order valence-electron chi connectivity index (χ3n) is 7.15. The largest absolute Gasteiger partial charge is 0.455 e. The number of hydrogen-bond donors (Lipinski definition) is 0. The molecule has 4 aromatic heterocycles. The standard InChI is InChI=1S/C34H20N2OS/c1-4-11-24-21(8-1)18-19-35-33(24)32-31-25(27-17-16-22-9-2-5-13-26(22)36-27)12-7-15-30(31)38-34(32)29-20-23-10-3-6-14-28(23)37-29/h1-20H. The van der Waals surface area contributed by atoms with Crippen molar-refractivity contribution in [2.75, 3.05) is 0 Å². The average molecular weight is 505 g/mol. The van der Waals surface area contributed by atoms with Crippen LogP contribution in [0.1, 0.15) is 0 Å². The molecule has 0 radical (unpaired) electrons. The summed E-state index contributed by atoms with van der Waals surface area (Å²) in [5.41, 5.74) is 5.96. The Morgan fingerprint density at radius 3 is 2.39 bits per heavy atom. The molecule has 0 atom stereocenters. The van der Waals surface area contributed by atoms with E-state index < -0.39 is 0 Å². The molecule has 0 bridgehead atoms. The Balaban J connectivity index is 1.49. The van der Waals surface area contributed by atoms with Crippen LogP contribution < -0.4 is 0 Å². The molecule has 0 saturated carbocycles. The van der Waals surface area contributed by atoms with E-state index in [0.29, 0.717) is 0 Å². The summed E-state index contributed by atoms with van der Waals surface area (Å²) in [4.78, 5) is 11.1. The molecular formula is C34H20N2OS. The first-order valence-electron chi connectivity index (χ1n) is 12.6. The molecule has 0 saturated heterocycles. The lowest BCUT2D eigenvalue weighted by Gasteiger charge is -2.10. The second kappa shape index (κ2) is 8.37. The third-order valence-corrected chi connectivity index (χ3v) is 8.32. The van der Waals surface area contributed by atoms with Crippen LogP contribution in [0.2, 0.25) is 0 Å². The lowest BCUT2D eigenvalue weighted by Crippen LogP contribution is -1.90. The molecule has 4 aromatic carbocycles. The van der Waals surface area contributed by atoms with Crippen molar-refractivity contribution in [3.8, 4) is 33.2 Å². The Morgan fingerprint density at radius 1 is 0.658 bits per heavy atom. The van der Waals surface area contributed by atoms with E-state index in [0.717, 1.165) is 71.2 Å². The summed E-state index contributed by atoms with van der Waals surface area (Å²) in [5, 5.41) is 5.66. The molecule has 8 rings (SSSR count). The van der Waals surface area contributed by atoms with Crippen LogP contribution in [0, 0.1) is 0 Å². The van der Waals surface area contributed by atoms with Crippen LogP contribution in [0.5, 0.6) is 0 Å². The molecule has 4 heterocycles. The van der Waals surface area contributed by atoms with Crippen molar-refractivity contribution in [2.24, 2.45) is 0 Å². The highest BCUT2D eigenvalue weighted by Gasteiger charge is 2.24. The molecule has 3 nitrogen and oxygen atoms in total. The normalized spacial score (nSPS) is 11.7. The van der Waals surface area contributed by atoms with Gasteiger partial charge in [0.15, 0.2) is 0 Å². The molecular weight excluding hydrogens is 484 g/mol. The fraction of sp³-hybridized carbons (Fsp3) is 0. The zero-order valence-corrected chi connectivity index (χ0v) is 21.1. The van der Waals surface area contributed by atoms with Crippen LogP contribution in [0.25, 0.3) is 75.9 Å². The number of rotatable bonds is 3. The molecule has 8 aromatic rings. The first kappa shape index (κ1) is 21.3. The lowest BCUT2D eigenvalue weighted by atomic mass is 9.96. The van der Waals surface area contributed by atoms with Crippen molar-refractivity contribution >= 4 is 54.1 Å². The predicted octanol–water partition coefficient (Wildman–Crippen LogP) is 9.74. The van der Waals surface area contributed by atoms with Gasteiger partial charge in [-0.15, -0.1) is 11.3 Å². The van der Waals surface area contributed by atoms with E-state index in [1.54, 1.807) is 11.3 Å². The zero-order chi connectivity index (χ0) is 25.1. The van der Waals surface area contributed by atoms with Crippen LogP contribution in [0.4, 0.5) is 0 Å². The molecule has 0 spiro atoms. The van der Waals surface area contributed by atoms with Crippen molar-refractivity contribution in [2.45, 2.75) is 0 Å². The molecule has 0 aliphatic rings. The van der Waals surface area contributed by atoms with Gasteiger partial charge in [0.2, 0.25) is 0 Å². The molecule has 178 valence electrons. The van der Waals surface area contributed by atoms with E-state index in [4.69, 9.17) is 14.4 Å². The van der Waals surface area contributed by atoms with E-state index in [-0.39, 0.29) is 0 Å². The van der Waals surface area contributed by atoms with E-state index in [1.165, 1.54) is 4.70 Å². The monoisotopic (exact) mass is 504 g/mol. The molecule has 0 amide bonds. The van der Waals surface area contributed by atoms with Gasteiger partial charge in [-0.3, -0.25) is 4.98 Å². The predicted molar refractivity (Wildman–Crippen MR) is 159 cm³/mol. The average Bonchev–Trinajstić information content (AvgIpc) is 3.58. The molecule has 0 fully saturated rings. The number of furan rings is 1. The topological polar surface area (TPSA) is 38.9 Å². The summed E-state index contributed by atoms with van der Waals surface area (Å²) in [6.07, 6.45) is 1.90. The summed E-state index contributed by atoms with van der Waals surface area (Å²) in [5.74, 6) is 0.856. The number of para-hydroxylation sites is 2. The number of thiophene rings is 1. The van der Waals surface area contributed by atoms with E-state index in [9.17, 15) is 0 Å². The van der Waals surface area contributed by atoms with Crippen molar-refractivity contribution in [1.29, 1.82) is 0 Å². The SMILES string of the molecule is c1ccc2nc(-c3cccc4sc(-c5cc6ccccc6o5)c(-c5nccc6ccccc56)c34)ccc2c1. The maximum Gasteiger partial charge on any atom is 0.146 e. The van der Waals surface area contributed by atoms with Crippen molar-refractivity contribution in [3.05, 3.63) is 121 Å². The molecule has 0 aliphatic heterocycles. The fourth-order valence-corrected chi connectivity index (χ4v) is 6.57. The first-order valence-corrected chi connectivity index (χ1v) is 13.4. The van der Waals surface area contributed by atoms with Crippen molar-refractivity contribution in [3.63, 3.8) is 0 Å². The number of nitrogens with zero attached hydrogens (tertiary/aromatic N) is 2. The molecule has 0 unspecified atom stereocenters. The Kier molecular flexibility index (Phi) is 4.69. The summed E-state index contributed by atoms with van der Waals surface area (Å²) < 4.78 is 7.61. The highest BCUT2D eigenvalue weighted by atomic mass is 32.1. The van der Waals surface area contributed by atoms with E-state index in [2.05, 4.69) is 84.9 Å². The van der Waals surface area contributed by atoms with Crippen LogP contribution in [0.3, 0.4) is 0 Å². The van der Waals surface area contributed by atoms with E-state index in [1.807, 2.05) is 36.5 Å². The molecule has 4 heteroatoms. The van der Waals surface area contributed by atoms with Gasteiger partial charge in [-0.1, -0.05) is 78.9 Å². The van der Waals surface area contributed by atoms with Gasteiger partial charge in [0.05, 0.1) is 21.8 Å².